The highest BCUT2D eigenvalue weighted by atomic mass is 16.5. The van der Waals surface area contributed by atoms with Crippen molar-refractivity contribution in [2.24, 2.45) is 5.73 Å². The third-order valence-corrected chi connectivity index (χ3v) is 6.09. The summed E-state index contributed by atoms with van der Waals surface area (Å²) in [4.78, 5) is 18.2. The average molecular weight is 522 g/mol. The number of nitrogens with zero attached hydrogens (tertiary/aromatic N) is 2. The lowest BCUT2D eigenvalue weighted by Crippen LogP contribution is -2.31. The number of primary amides is 1. The van der Waals surface area contributed by atoms with E-state index < -0.39 is 6.03 Å². The number of anilines is 2. The summed E-state index contributed by atoms with van der Waals surface area (Å²) in [7, 11) is 3.16. The minimum atomic E-state index is -0.609. The van der Waals surface area contributed by atoms with Crippen LogP contribution >= 0.6 is 0 Å². The molecule has 2 N–H and O–H groups in total. The zero-order valence-corrected chi connectivity index (χ0v) is 21.5. The number of ether oxygens (including phenoxy) is 4. The number of hydrogen-bond donors (Lipinski definition) is 1. The first-order chi connectivity index (χ1) is 19.1. The first-order valence-electron chi connectivity index (χ1n) is 12.2. The molecule has 5 aromatic rings. The number of methoxy groups -OCH3 is 2. The third kappa shape index (κ3) is 5.70. The second-order valence-corrected chi connectivity index (χ2v) is 8.57. The maximum atomic E-state index is 12.4. The predicted molar refractivity (Wildman–Crippen MR) is 150 cm³/mol. The number of hydrogen-bond acceptors (Lipinski definition) is 6. The van der Waals surface area contributed by atoms with Crippen LogP contribution in [0.2, 0.25) is 0 Å². The number of aromatic nitrogens is 1. The molecule has 5 rings (SSSR count). The van der Waals surface area contributed by atoms with Gasteiger partial charge < -0.3 is 24.7 Å². The maximum absolute atomic E-state index is 12.4. The van der Waals surface area contributed by atoms with E-state index in [0.717, 1.165) is 10.9 Å². The topological polar surface area (TPSA) is 96.1 Å². The van der Waals surface area contributed by atoms with Gasteiger partial charge in [-0.25, -0.2) is 4.79 Å². The number of carbonyl (C=O) groups is 1. The Labute approximate surface area is 226 Å². The molecule has 2 amide bonds. The van der Waals surface area contributed by atoms with Crippen molar-refractivity contribution in [1.82, 2.24) is 4.98 Å². The molecule has 0 saturated carbocycles. The van der Waals surface area contributed by atoms with Crippen molar-refractivity contribution in [1.29, 1.82) is 0 Å². The van der Waals surface area contributed by atoms with E-state index in [0.29, 0.717) is 52.2 Å². The number of carbonyl (C=O) groups excluding carboxylic acids is 1. The summed E-state index contributed by atoms with van der Waals surface area (Å²) >= 11 is 0. The number of pyridine rings is 1. The highest BCUT2D eigenvalue weighted by Gasteiger charge is 2.16. The van der Waals surface area contributed by atoms with E-state index in [1.165, 1.54) is 4.90 Å². The molecule has 0 spiro atoms. The summed E-state index contributed by atoms with van der Waals surface area (Å²) in [5.41, 5.74) is 8.73. The second kappa shape index (κ2) is 11.4. The van der Waals surface area contributed by atoms with Gasteiger partial charge in [0.15, 0.2) is 11.5 Å². The van der Waals surface area contributed by atoms with E-state index >= 15 is 0 Å². The van der Waals surface area contributed by atoms with Crippen molar-refractivity contribution in [2.75, 3.05) is 19.1 Å². The molecule has 8 heteroatoms. The molecule has 0 aliphatic rings. The highest BCUT2D eigenvalue weighted by molar-refractivity contribution is 5.98. The fourth-order valence-corrected chi connectivity index (χ4v) is 4.16. The molecule has 0 bridgehead atoms. The Morgan fingerprint density at radius 3 is 2.00 bits per heavy atom. The number of urea groups is 1. The molecule has 0 aliphatic heterocycles. The predicted octanol–water partition coefficient (Wildman–Crippen LogP) is 6.84. The standard InChI is InChI=1S/C31H27N3O5/c1-36-29-18-26-27(19-30(29)37-2)33-17-16-28(26)39-25-14-10-23(11-15-25)34(31(32)35)22-8-12-24(13-9-22)38-20-21-6-4-3-5-7-21/h3-19H,20H2,1-2H3,(H2,32,35). The molecule has 0 saturated heterocycles. The molecule has 4 aromatic carbocycles. The second-order valence-electron chi connectivity index (χ2n) is 8.57. The molecule has 39 heavy (non-hydrogen) atoms. The van der Waals surface area contributed by atoms with Gasteiger partial charge in [0.05, 0.1) is 31.1 Å². The Morgan fingerprint density at radius 1 is 0.769 bits per heavy atom. The summed E-state index contributed by atoms with van der Waals surface area (Å²) in [6.45, 7) is 0.453. The lowest BCUT2D eigenvalue weighted by Gasteiger charge is -2.21. The van der Waals surface area contributed by atoms with Crippen LogP contribution in [0.5, 0.6) is 28.7 Å². The van der Waals surface area contributed by atoms with Crippen molar-refractivity contribution in [2.45, 2.75) is 6.61 Å². The maximum Gasteiger partial charge on any atom is 0.323 e. The molecule has 8 nitrogen and oxygen atoms in total. The van der Waals surface area contributed by atoms with Crippen LogP contribution in [0.4, 0.5) is 16.2 Å². The van der Waals surface area contributed by atoms with Crippen molar-refractivity contribution >= 4 is 28.3 Å². The summed E-state index contributed by atoms with van der Waals surface area (Å²) in [5.74, 6) is 3.03. The number of fused-ring (bicyclic) bond motifs is 1. The van der Waals surface area contributed by atoms with E-state index in [4.69, 9.17) is 24.7 Å². The molecule has 0 radical (unpaired) electrons. The Bertz CT molecular complexity index is 1570. The van der Waals surface area contributed by atoms with Crippen LogP contribution in [0.15, 0.2) is 103 Å². The molecular weight excluding hydrogens is 494 g/mol. The minimum Gasteiger partial charge on any atom is -0.493 e. The van der Waals surface area contributed by atoms with Gasteiger partial charge >= 0.3 is 6.03 Å². The van der Waals surface area contributed by atoms with Gasteiger partial charge in [0.1, 0.15) is 23.9 Å². The monoisotopic (exact) mass is 521 g/mol. The van der Waals surface area contributed by atoms with Crippen LogP contribution in [0.3, 0.4) is 0 Å². The fourth-order valence-electron chi connectivity index (χ4n) is 4.16. The number of amides is 2. The Balaban J connectivity index is 1.33. The van der Waals surface area contributed by atoms with Crippen LogP contribution in [-0.4, -0.2) is 25.2 Å². The smallest absolute Gasteiger partial charge is 0.323 e. The average Bonchev–Trinajstić information content (AvgIpc) is 2.97. The van der Waals surface area contributed by atoms with Gasteiger partial charge in [0, 0.05) is 17.6 Å². The molecule has 1 heterocycles. The van der Waals surface area contributed by atoms with Gasteiger partial charge in [-0.1, -0.05) is 30.3 Å². The molecule has 0 atom stereocenters. The number of nitrogens with two attached hydrogens (primary N) is 1. The molecule has 0 fully saturated rings. The van der Waals surface area contributed by atoms with Gasteiger partial charge in [0.25, 0.3) is 0 Å². The van der Waals surface area contributed by atoms with E-state index in [1.807, 2.05) is 48.5 Å². The van der Waals surface area contributed by atoms with Crippen LogP contribution in [0, 0.1) is 0 Å². The molecule has 196 valence electrons. The van der Waals surface area contributed by atoms with Crippen molar-refractivity contribution < 1.29 is 23.7 Å². The largest absolute Gasteiger partial charge is 0.493 e. The van der Waals surface area contributed by atoms with Crippen LogP contribution in [0.25, 0.3) is 10.9 Å². The molecule has 0 aliphatic carbocycles. The number of rotatable bonds is 9. The van der Waals surface area contributed by atoms with Gasteiger partial charge in [-0.15, -0.1) is 0 Å². The van der Waals surface area contributed by atoms with Crippen LogP contribution in [0.1, 0.15) is 5.56 Å². The zero-order chi connectivity index (χ0) is 27.2. The summed E-state index contributed by atoms with van der Waals surface area (Å²) in [6, 6.07) is 29.0. The third-order valence-electron chi connectivity index (χ3n) is 6.09. The highest BCUT2D eigenvalue weighted by Crippen LogP contribution is 2.37. The summed E-state index contributed by atoms with van der Waals surface area (Å²) in [6.07, 6.45) is 1.67. The lowest BCUT2D eigenvalue weighted by molar-refractivity contribution is 0.256. The first kappa shape index (κ1) is 25.4. The Hall–Kier alpha value is -5.24. The van der Waals surface area contributed by atoms with E-state index in [1.54, 1.807) is 68.9 Å². The van der Waals surface area contributed by atoms with E-state index in [-0.39, 0.29) is 0 Å². The zero-order valence-electron chi connectivity index (χ0n) is 21.5. The van der Waals surface area contributed by atoms with Crippen LogP contribution in [-0.2, 0) is 6.61 Å². The van der Waals surface area contributed by atoms with Gasteiger partial charge in [-0.05, 0) is 66.2 Å². The first-order valence-corrected chi connectivity index (χ1v) is 12.2. The van der Waals surface area contributed by atoms with E-state index in [2.05, 4.69) is 4.98 Å². The van der Waals surface area contributed by atoms with Crippen molar-refractivity contribution in [3.05, 3.63) is 109 Å². The van der Waals surface area contributed by atoms with Crippen molar-refractivity contribution in [3.63, 3.8) is 0 Å². The SMILES string of the molecule is COc1cc2nccc(Oc3ccc(N(C(N)=O)c4ccc(OCc5ccccc5)cc4)cc3)c2cc1OC. The van der Waals surface area contributed by atoms with Gasteiger partial charge in [-0.2, -0.15) is 0 Å². The number of benzene rings is 4. The van der Waals surface area contributed by atoms with Gasteiger partial charge in [0.2, 0.25) is 0 Å². The fraction of sp³-hybridized carbons (Fsp3) is 0.0968. The van der Waals surface area contributed by atoms with E-state index in [9.17, 15) is 4.79 Å². The summed E-state index contributed by atoms with van der Waals surface area (Å²) < 4.78 is 22.8. The molecule has 0 unspecified atom stereocenters. The normalized spacial score (nSPS) is 10.6. The molecule has 1 aromatic heterocycles. The van der Waals surface area contributed by atoms with Crippen molar-refractivity contribution in [3.8, 4) is 28.7 Å². The van der Waals surface area contributed by atoms with Gasteiger partial charge in [-0.3, -0.25) is 9.88 Å². The quantitative estimate of drug-likeness (QED) is 0.228. The Kier molecular flexibility index (Phi) is 7.45. The summed E-state index contributed by atoms with van der Waals surface area (Å²) in [5, 5.41) is 0.771. The lowest BCUT2D eigenvalue weighted by atomic mass is 10.1. The van der Waals surface area contributed by atoms with Crippen LogP contribution < -0.4 is 29.6 Å². The molecular formula is C31H27N3O5. The Morgan fingerprint density at radius 2 is 1.38 bits per heavy atom. The minimum absolute atomic E-state index is 0.453.